The summed E-state index contributed by atoms with van der Waals surface area (Å²) in [5.74, 6) is -0.0439. The Morgan fingerprint density at radius 3 is 2.81 bits per heavy atom. The largest absolute Gasteiger partial charge is 0.479 e. The van der Waals surface area contributed by atoms with Gasteiger partial charge in [-0.1, -0.05) is 31.5 Å². The summed E-state index contributed by atoms with van der Waals surface area (Å²) in [6, 6.07) is 0. The van der Waals surface area contributed by atoms with Crippen LogP contribution in [0, 0.1) is 5.92 Å². The molecule has 2 fully saturated rings. The third-order valence-corrected chi connectivity index (χ3v) is 4.73. The van der Waals surface area contributed by atoms with Gasteiger partial charge in [0.25, 0.3) is 5.24 Å². The molecule has 0 aromatic rings. The summed E-state index contributed by atoms with van der Waals surface area (Å²) in [7, 11) is 0. The quantitative estimate of drug-likeness (QED) is 0.807. The van der Waals surface area contributed by atoms with Gasteiger partial charge in [0, 0.05) is 12.3 Å². The van der Waals surface area contributed by atoms with Crippen LogP contribution in [0.2, 0.25) is 0 Å². The molecule has 2 unspecified atom stereocenters. The molecule has 0 spiro atoms. The lowest BCUT2D eigenvalue weighted by molar-refractivity contribution is -0.154. The number of aliphatic carboxylic acids is 1. The molecule has 0 bridgehead atoms. The second-order valence-electron chi connectivity index (χ2n) is 4.64. The first-order valence-corrected chi connectivity index (χ1v) is 6.75. The Balaban J connectivity index is 2.33. The van der Waals surface area contributed by atoms with Crippen LogP contribution < -0.4 is 0 Å². The fourth-order valence-corrected chi connectivity index (χ4v) is 3.78. The minimum Gasteiger partial charge on any atom is -0.479 e. The topological polar surface area (TPSA) is 57.6 Å². The van der Waals surface area contributed by atoms with E-state index < -0.39 is 11.5 Å². The number of carbonyl (C=O) groups is 2. The molecule has 0 aromatic carbocycles. The predicted octanol–water partition coefficient (Wildman–Crippen LogP) is 2.19. The first-order chi connectivity index (χ1) is 7.59. The van der Waals surface area contributed by atoms with E-state index in [2.05, 4.69) is 0 Å². The van der Waals surface area contributed by atoms with Crippen LogP contribution >= 0.6 is 11.8 Å². The zero-order chi connectivity index (χ0) is 11.8. The van der Waals surface area contributed by atoms with Crippen molar-refractivity contribution < 1.29 is 14.7 Å². The second kappa shape index (κ2) is 4.28. The molecule has 1 aliphatic heterocycles. The van der Waals surface area contributed by atoms with Crippen molar-refractivity contribution in [3.05, 3.63) is 0 Å². The molecule has 5 heteroatoms. The van der Waals surface area contributed by atoms with Gasteiger partial charge in [0.1, 0.15) is 5.54 Å². The Bertz CT molecular complexity index is 320. The summed E-state index contributed by atoms with van der Waals surface area (Å²) in [6.07, 6.45) is 3.49. The van der Waals surface area contributed by atoms with E-state index >= 15 is 0 Å². The van der Waals surface area contributed by atoms with Crippen molar-refractivity contribution in [3.8, 4) is 0 Å². The Kier molecular flexibility index (Phi) is 3.15. The number of nitrogens with zero attached hydrogens (tertiary/aromatic N) is 1. The molecule has 1 saturated carbocycles. The SMILES string of the molecule is CC1CCCCC1(C(=O)O)N1CCSC1=O. The molecule has 2 atom stereocenters. The third-order valence-electron chi connectivity index (χ3n) is 3.87. The minimum absolute atomic E-state index is 0.0569. The number of hydrogen-bond donors (Lipinski definition) is 1. The number of carboxylic acid groups (broad SMARTS) is 1. The maximum atomic E-state index is 11.8. The lowest BCUT2D eigenvalue weighted by atomic mass is 9.72. The molecule has 2 aliphatic rings. The van der Waals surface area contributed by atoms with E-state index in [0.29, 0.717) is 13.0 Å². The van der Waals surface area contributed by atoms with E-state index in [4.69, 9.17) is 0 Å². The van der Waals surface area contributed by atoms with Gasteiger partial charge in [-0.15, -0.1) is 0 Å². The lowest BCUT2D eigenvalue weighted by Crippen LogP contribution is -2.60. The van der Waals surface area contributed by atoms with Crippen molar-refractivity contribution in [2.24, 2.45) is 5.92 Å². The Hall–Kier alpha value is -0.710. The van der Waals surface area contributed by atoms with Crippen molar-refractivity contribution in [2.45, 2.75) is 38.1 Å². The first kappa shape index (κ1) is 11.8. The number of carboxylic acids is 1. The van der Waals surface area contributed by atoms with Crippen molar-refractivity contribution in [1.82, 2.24) is 4.90 Å². The van der Waals surface area contributed by atoms with Crippen molar-refractivity contribution in [3.63, 3.8) is 0 Å². The van der Waals surface area contributed by atoms with Crippen LogP contribution in [0.25, 0.3) is 0 Å². The number of carbonyl (C=O) groups excluding carboxylic acids is 1. The molecular formula is C11H17NO3S. The molecule has 1 heterocycles. The van der Waals surface area contributed by atoms with Crippen LogP contribution in [0.4, 0.5) is 4.79 Å². The fraction of sp³-hybridized carbons (Fsp3) is 0.818. The van der Waals surface area contributed by atoms with E-state index in [1.807, 2.05) is 6.92 Å². The van der Waals surface area contributed by atoms with Gasteiger partial charge < -0.3 is 10.0 Å². The van der Waals surface area contributed by atoms with Crippen LogP contribution in [-0.2, 0) is 4.79 Å². The van der Waals surface area contributed by atoms with Gasteiger partial charge in [-0.3, -0.25) is 4.79 Å². The van der Waals surface area contributed by atoms with Gasteiger partial charge >= 0.3 is 5.97 Å². The maximum absolute atomic E-state index is 11.8. The molecule has 1 N–H and O–H groups in total. The summed E-state index contributed by atoms with van der Waals surface area (Å²) < 4.78 is 0. The highest BCUT2D eigenvalue weighted by Gasteiger charge is 2.52. The molecule has 0 aromatic heterocycles. The zero-order valence-electron chi connectivity index (χ0n) is 9.44. The van der Waals surface area contributed by atoms with Crippen molar-refractivity contribution >= 4 is 23.0 Å². The Labute approximate surface area is 99.4 Å². The first-order valence-electron chi connectivity index (χ1n) is 5.77. The highest BCUT2D eigenvalue weighted by atomic mass is 32.2. The summed E-state index contributed by atoms with van der Waals surface area (Å²) >= 11 is 1.24. The van der Waals surface area contributed by atoms with Gasteiger partial charge in [-0.05, 0) is 18.8 Å². The highest BCUT2D eigenvalue weighted by Crippen LogP contribution is 2.41. The van der Waals surface area contributed by atoms with E-state index in [9.17, 15) is 14.7 Å². The molecule has 1 amide bonds. The molecule has 90 valence electrons. The number of amides is 1. The molecule has 1 saturated heterocycles. The second-order valence-corrected chi connectivity index (χ2v) is 5.69. The molecular weight excluding hydrogens is 226 g/mol. The van der Waals surface area contributed by atoms with E-state index in [1.165, 1.54) is 11.8 Å². The number of thioether (sulfide) groups is 1. The molecule has 16 heavy (non-hydrogen) atoms. The van der Waals surface area contributed by atoms with E-state index in [1.54, 1.807) is 4.90 Å². The van der Waals surface area contributed by atoms with Gasteiger partial charge in [-0.2, -0.15) is 0 Å². The lowest BCUT2D eigenvalue weighted by Gasteiger charge is -2.45. The molecule has 2 rings (SSSR count). The van der Waals surface area contributed by atoms with Gasteiger partial charge in [0.2, 0.25) is 0 Å². The van der Waals surface area contributed by atoms with Crippen LogP contribution in [0.5, 0.6) is 0 Å². The average Bonchev–Trinajstić information content (AvgIpc) is 2.65. The van der Waals surface area contributed by atoms with Gasteiger partial charge in [0.05, 0.1) is 0 Å². The summed E-state index contributed by atoms with van der Waals surface area (Å²) in [5.41, 5.74) is -0.932. The fourth-order valence-electron chi connectivity index (χ4n) is 2.92. The minimum atomic E-state index is -0.932. The standard InChI is InChI=1S/C11H17NO3S/c1-8-4-2-3-5-11(8,9(13)14)12-6-7-16-10(12)15/h8H,2-7H2,1H3,(H,13,14). The summed E-state index contributed by atoms with van der Waals surface area (Å²) in [5, 5.41) is 9.48. The average molecular weight is 243 g/mol. The van der Waals surface area contributed by atoms with Crippen LogP contribution in [-0.4, -0.2) is 39.1 Å². The maximum Gasteiger partial charge on any atom is 0.329 e. The molecule has 1 aliphatic carbocycles. The van der Waals surface area contributed by atoms with E-state index in [-0.39, 0.29) is 11.2 Å². The van der Waals surface area contributed by atoms with Crippen LogP contribution in [0.3, 0.4) is 0 Å². The summed E-state index contributed by atoms with van der Waals surface area (Å²) in [4.78, 5) is 25.0. The number of hydrogen-bond acceptors (Lipinski definition) is 3. The van der Waals surface area contributed by atoms with Crippen LogP contribution in [0.15, 0.2) is 0 Å². The zero-order valence-corrected chi connectivity index (χ0v) is 10.3. The van der Waals surface area contributed by atoms with E-state index in [0.717, 1.165) is 25.0 Å². The van der Waals surface area contributed by atoms with Crippen molar-refractivity contribution in [2.75, 3.05) is 12.3 Å². The Morgan fingerprint density at radius 1 is 1.56 bits per heavy atom. The third kappa shape index (κ3) is 1.61. The summed E-state index contributed by atoms with van der Waals surface area (Å²) in [6.45, 7) is 2.55. The monoisotopic (exact) mass is 243 g/mol. The highest BCUT2D eigenvalue weighted by molar-refractivity contribution is 8.13. The van der Waals surface area contributed by atoms with Crippen molar-refractivity contribution in [1.29, 1.82) is 0 Å². The molecule has 0 radical (unpaired) electrons. The van der Waals surface area contributed by atoms with Crippen LogP contribution in [0.1, 0.15) is 32.6 Å². The smallest absolute Gasteiger partial charge is 0.329 e. The predicted molar refractivity (Wildman–Crippen MR) is 62.6 cm³/mol. The van der Waals surface area contributed by atoms with Gasteiger partial charge in [-0.25, -0.2) is 4.79 Å². The van der Waals surface area contributed by atoms with Gasteiger partial charge in [0.15, 0.2) is 0 Å². The molecule has 4 nitrogen and oxygen atoms in total. The normalized spacial score (nSPS) is 35.4. The number of rotatable bonds is 2. The Morgan fingerprint density at radius 2 is 2.31 bits per heavy atom.